The predicted octanol–water partition coefficient (Wildman–Crippen LogP) is 2.85. The van der Waals surface area contributed by atoms with Gasteiger partial charge in [-0.25, -0.2) is 4.98 Å². The van der Waals surface area contributed by atoms with E-state index in [0.29, 0.717) is 28.2 Å². The van der Waals surface area contributed by atoms with Gasteiger partial charge >= 0.3 is 0 Å². The average Bonchev–Trinajstić information content (AvgIpc) is 2.53. The lowest BCUT2D eigenvalue weighted by atomic mass is 9.98. The minimum Gasteiger partial charge on any atom is -0.349 e. The Labute approximate surface area is 111 Å². The summed E-state index contributed by atoms with van der Waals surface area (Å²) in [4.78, 5) is 6.74. The molecule has 5 heteroatoms. The van der Waals surface area contributed by atoms with Crippen molar-refractivity contribution in [3.63, 3.8) is 0 Å². The minimum absolute atomic E-state index is 0.329. The molecule has 3 nitrogen and oxygen atoms in total. The van der Waals surface area contributed by atoms with E-state index in [-0.39, 0.29) is 0 Å². The summed E-state index contributed by atoms with van der Waals surface area (Å²) in [6.45, 7) is 0. The fourth-order valence-corrected chi connectivity index (χ4v) is 3.64. The SMILES string of the molecule is NC1CC2CCC(C1)N2c1ncc(Cl)cc1Cl. The first kappa shape index (κ1) is 11.6. The Bertz CT molecular complexity index is 424. The highest BCUT2D eigenvalue weighted by molar-refractivity contribution is 6.36. The molecule has 0 spiro atoms. The molecule has 1 aromatic rings. The first-order chi connectivity index (χ1) is 8.15. The molecule has 92 valence electrons. The van der Waals surface area contributed by atoms with Crippen molar-refractivity contribution >= 4 is 29.0 Å². The van der Waals surface area contributed by atoms with Crippen LogP contribution in [-0.2, 0) is 0 Å². The van der Waals surface area contributed by atoms with Gasteiger partial charge in [-0.1, -0.05) is 23.2 Å². The van der Waals surface area contributed by atoms with Crippen LogP contribution in [0.1, 0.15) is 25.7 Å². The molecule has 2 aliphatic heterocycles. The maximum absolute atomic E-state index is 6.24. The van der Waals surface area contributed by atoms with Crippen LogP contribution in [0.2, 0.25) is 10.0 Å². The van der Waals surface area contributed by atoms with Gasteiger partial charge in [-0.3, -0.25) is 0 Å². The highest BCUT2D eigenvalue weighted by atomic mass is 35.5. The van der Waals surface area contributed by atoms with Gasteiger partial charge in [0.1, 0.15) is 5.82 Å². The van der Waals surface area contributed by atoms with Crippen molar-refractivity contribution in [3.05, 3.63) is 22.3 Å². The summed E-state index contributed by atoms with van der Waals surface area (Å²) in [7, 11) is 0. The second-order valence-electron chi connectivity index (χ2n) is 4.98. The number of nitrogens with two attached hydrogens (primary N) is 1. The van der Waals surface area contributed by atoms with Crippen molar-refractivity contribution in [2.75, 3.05) is 4.90 Å². The Balaban J connectivity index is 1.94. The molecule has 3 rings (SSSR count). The molecule has 0 radical (unpaired) electrons. The lowest BCUT2D eigenvalue weighted by molar-refractivity contribution is 0.412. The molecule has 0 aromatic carbocycles. The zero-order valence-electron chi connectivity index (χ0n) is 9.44. The molecule has 0 saturated carbocycles. The van der Waals surface area contributed by atoms with Crippen LogP contribution in [0.15, 0.2) is 12.3 Å². The second-order valence-corrected chi connectivity index (χ2v) is 5.83. The zero-order valence-corrected chi connectivity index (χ0v) is 11.0. The number of aromatic nitrogens is 1. The number of anilines is 1. The summed E-state index contributed by atoms with van der Waals surface area (Å²) < 4.78 is 0. The van der Waals surface area contributed by atoms with Crippen molar-refractivity contribution in [2.45, 2.75) is 43.8 Å². The molecule has 2 unspecified atom stereocenters. The van der Waals surface area contributed by atoms with E-state index in [1.807, 2.05) is 0 Å². The third kappa shape index (κ3) is 2.01. The molecule has 0 amide bonds. The molecule has 0 aliphatic carbocycles. The molecule has 2 atom stereocenters. The molecule has 3 heterocycles. The number of pyridine rings is 1. The number of hydrogen-bond acceptors (Lipinski definition) is 3. The Morgan fingerprint density at radius 2 is 1.88 bits per heavy atom. The van der Waals surface area contributed by atoms with Gasteiger partial charge < -0.3 is 10.6 Å². The van der Waals surface area contributed by atoms with Gasteiger partial charge in [-0.05, 0) is 31.7 Å². The summed E-state index contributed by atoms with van der Waals surface area (Å²) in [5.74, 6) is 0.871. The quantitative estimate of drug-likeness (QED) is 0.854. The van der Waals surface area contributed by atoms with Crippen LogP contribution in [-0.4, -0.2) is 23.1 Å². The first-order valence-corrected chi connectivity index (χ1v) is 6.75. The number of nitrogens with zero attached hydrogens (tertiary/aromatic N) is 2. The van der Waals surface area contributed by atoms with E-state index < -0.39 is 0 Å². The maximum Gasteiger partial charge on any atom is 0.147 e. The normalized spacial score (nSPS) is 31.9. The molecule has 2 aliphatic rings. The van der Waals surface area contributed by atoms with Gasteiger partial charge in [0.05, 0.1) is 10.0 Å². The molecule has 17 heavy (non-hydrogen) atoms. The second kappa shape index (κ2) is 4.30. The molecule has 2 bridgehead atoms. The monoisotopic (exact) mass is 271 g/mol. The summed E-state index contributed by atoms with van der Waals surface area (Å²) >= 11 is 12.1. The number of piperidine rings is 1. The third-order valence-corrected chi connectivity index (χ3v) is 4.29. The number of rotatable bonds is 1. The highest BCUT2D eigenvalue weighted by Gasteiger charge is 2.40. The fourth-order valence-electron chi connectivity index (χ4n) is 3.16. The van der Waals surface area contributed by atoms with E-state index in [2.05, 4.69) is 9.88 Å². The van der Waals surface area contributed by atoms with Gasteiger partial charge in [0.25, 0.3) is 0 Å². The van der Waals surface area contributed by atoms with Crippen molar-refractivity contribution in [3.8, 4) is 0 Å². The topological polar surface area (TPSA) is 42.1 Å². The molecule has 2 saturated heterocycles. The van der Waals surface area contributed by atoms with Crippen molar-refractivity contribution < 1.29 is 0 Å². The van der Waals surface area contributed by atoms with Crippen LogP contribution >= 0.6 is 23.2 Å². The molecular weight excluding hydrogens is 257 g/mol. The number of hydrogen-bond donors (Lipinski definition) is 1. The fraction of sp³-hybridized carbons (Fsp3) is 0.583. The summed E-state index contributed by atoms with van der Waals surface area (Å²) in [5, 5.41) is 1.23. The van der Waals surface area contributed by atoms with Gasteiger partial charge in [0.15, 0.2) is 0 Å². The Kier molecular flexibility index (Phi) is 2.93. The number of halogens is 2. The van der Waals surface area contributed by atoms with E-state index in [9.17, 15) is 0 Å². The van der Waals surface area contributed by atoms with E-state index in [1.54, 1.807) is 12.3 Å². The zero-order chi connectivity index (χ0) is 12.0. The standard InChI is InChI=1S/C12H15Cl2N3/c13-7-3-11(14)12(16-6-7)17-9-1-2-10(17)5-8(15)4-9/h3,6,8-10H,1-2,4-5,15H2. The highest BCUT2D eigenvalue weighted by Crippen LogP contribution is 2.40. The Hall–Kier alpha value is -0.510. The summed E-state index contributed by atoms with van der Waals surface area (Å²) in [5.41, 5.74) is 6.06. The van der Waals surface area contributed by atoms with E-state index >= 15 is 0 Å². The van der Waals surface area contributed by atoms with Crippen LogP contribution in [0.25, 0.3) is 0 Å². The van der Waals surface area contributed by atoms with Crippen molar-refractivity contribution in [2.24, 2.45) is 5.73 Å². The van der Waals surface area contributed by atoms with Crippen LogP contribution in [0.3, 0.4) is 0 Å². The average molecular weight is 272 g/mol. The molecule has 2 N–H and O–H groups in total. The van der Waals surface area contributed by atoms with E-state index in [4.69, 9.17) is 28.9 Å². The smallest absolute Gasteiger partial charge is 0.147 e. The van der Waals surface area contributed by atoms with Crippen molar-refractivity contribution in [1.82, 2.24) is 4.98 Å². The van der Waals surface area contributed by atoms with Crippen molar-refractivity contribution in [1.29, 1.82) is 0 Å². The Morgan fingerprint density at radius 1 is 1.24 bits per heavy atom. The molecular formula is C12H15Cl2N3. The van der Waals surface area contributed by atoms with Gasteiger partial charge in [-0.2, -0.15) is 0 Å². The van der Waals surface area contributed by atoms with Gasteiger partial charge in [0, 0.05) is 24.3 Å². The largest absolute Gasteiger partial charge is 0.349 e. The van der Waals surface area contributed by atoms with Crippen LogP contribution in [0.5, 0.6) is 0 Å². The minimum atomic E-state index is 0.329. The first-order valence-electron chi connectivity index (χ1n) is 6.00. The number of fused-ring (bicyclic) bond motifs is 2. The Morgan fingerprint density at radius 3 is 2.47 bits per heavy atom. The van der Waals surface area contributed by atoms with Gasteiger partial charge in [0.2, 0.25) is 0 Å². The van der Waals surface area contributed by atoms with Gasteiger partial charge in [-0.15, -0.1) is 0 Å². The van der Waals surface area contributed by atoms with Crippen LogP contribution in [0, 0.1) is 0 Å². The molecule has 1 aromatic heterocycles. The summed E-state index contributed by atoms with van der Waals surface area (Å²) in [6, 6.07) is 3.08. The predicted molar refractivity (Wildman–Crippen MR) is 70.8 cm³/mol. The lowest BCUT2D eigenvalue weighted by Gasteiger charge is -2.38. The summed E-state index contributed by atoms with van der Waals surface area (Å²) in [6.07, 6.45) is 6.13. The lowest BCUT2D eigenvalue weighted by Crippen LogP contribution is -2.48. The molecule has 2 fully saturated rings. The maximum atomic E-state index is 6.24. The van der Waals surface area contributed by atoms with E-state index in [0.717, 1.165) is 18.7 Å². The van der Waals surface area contributed by atoms with Crippen LogP contribution in [0.4, 0.5) is 5.82 Å². The third-order valence-electron chi connectivity index (χ3n) is 3.80. The van der Waals surface area contributed by atoms with E-state index in [1.165, 1.54) is 12.8 Å². The van der Waals surface area contributed by atoms with Crippen LogP contribution < -0.4 is 10.6 Å².